The average molecular weight is 375 g/mol. The van der Waals surface area contributed by atoms with Gasteiger partial charge in [-0.15, -0.1) is 0 Å². The zero-order valence-electron chi connectivity index (χ0n) is 15.0. The SMILES string of the molecule is CC(C)(C(=O)O)C(c1ccccc1)c1cnc(N2CCOCC2)c(Cl)c1. The van der Waals surface area contributed by atoms with Gasteiger partial charge in [0, 0.05) is 25.2 Å². The van der Waals surface area contributed by atoms with Gasteiger partial charge in [0.1, 0.15) is 5.82 Å². The van der Waals surface area contributed by atoms with Crippen molar-refractivity contribution in [2.24, 2.45) is 5.41 Å². The average Bonchev–Trinajstić information content (AvgIpc) is 2.63. The number of rotatable bonds is 5. The normalized spacial score (nSPS) is 16.3. The molecule has 0 saturated carbocycles. The first-order chi connectivity index (χ1) is 12.4. The zero-order valence-corrected chi connectivity index (χ0v) is 15.7. The third kappa shape index (κ3) is 3.69. The van der Waals surface area contributed by atoms with E-state index < -0.39 is 11.4 Å². The standard InChI is InChI=1S/C20H23ClN2O3/c1-20(2,19(24)25)17(14-6-4-3-5-7-14)15-12-16(21)18(22-13-15)23-8-10-26-11-9-23/h3-7,12-13,17H,8-11H2,1-2H3,(H,24,25). The molecule has 1 aliphatic rings. The Hall–Kier alpha value is -2.11. The monoisotopic (exact) mass is 374 g/mol. The van der Waals surface area contributed by atoms with Crippen molar-refractivity contribution in [3.05, 3.63) is 58.7 Å². The van der Waals surface area contributed by atoms with Crippen LogP contribution in [-0.4, -0.2) is 42.4 Å². The molecule has 3 rings (SSSR count). The second kappa shape index (κ2) is 7.64. The largest absolute Gasteiger partial charge is 0.481 e. The highest BCUT2D eigenvalue weighted by Gasteiger charge is 2.39. The molecule has 0 radical (unpaired) electrons. The Kier molecular flexibility index (Phi) is 5.49. The van der Waals surface area contributed by atoms with E-state index >= 15 is 0 Å². The number of ether oxygens (including phenoxy) is 1. The summed E-state index contributed by atoms with van der Waals surface area (Å²) in [6.07, 6.45) is 1.75. The number of benzene rings is 1. The summed E-state index contributed by atoms with van der Waals surface area (Å²) in [6, 6.07) is 11.5. The van der Waals surface area contributed by atoms with Crippen LogP contribution in [-0.2, 0) is 9.53 Å². The fourth-order valence-corrected chi connectivity index (χ4v) is 3.70. The highest BCUT2D eigenvalue weighted by Crippen LogP contribution is 2.42. The molecule has 1 fully saturated rings. The molecule has 0 bridgehead atoms. The minimum absolute atomic E-state index is 0.357. The molecule has 138 valence electrons. The number of carboxylic acid groups (broad SMARTS) is 1. The van der Waals surface area contributed by atoms with E-state index in [1.807, 2.05) is 36.4 Å². The first-order valence-electron chi connectivity index (χ1n) is 8.67. The van der Waals surface area contributed by atoms with Crippen molar-refractivity contribution in [1.29, 1.82) is 0 Å². The molecule has 1 aliphatic heterocycles. The van der Waals surface area contributed by atoms with Crippen molar-refractivity contribution in [3.8, 4) is 0 Å². The van der Waals surface area contributed by atoms with Crippen molar-refractivity contribution < 1.29 is 14.6 Å². The number of anilines is 1. The number of carboxylic acids is 1. The van der Waals surface area contributed by atoms with Crippen LogP contribution in [0.4, 0.5) is 5.82 Å². The van der Waals surface area contributed by atoms with Crippen LogP contribution in [0.3, 0.4) is 0 Å². The summed E-state index contributed by atoms with van der Waals surface area (Å²) in [7, 11) is 0. The van der Waals surface area contributed by atoms with Gasteiger partial charge in [0.2, 0.25) is 0 Å². The Morgan fingerprint density at radius 1 is 1.23 bits per heavy atom. The Labute approximate surface area is 158 Å². The van der Waals surface area contributed by atoms with Crippen molar-refractivity contribution in [2.75, 3.05) is 31.2 Å². The summed E-state index contributed by atoms with van der Waals surface area (Å²) in [6.45, 7) is 6.26. The molecule has 1 aromatic carbocycles. The molecular weight excluding hydrogens is 352 g/mol. The van der Waals surface area contributed by atoms with Crippen molar-refractivity contribution in [2.45, 2.75) is 19.8 Å². The number of nitrogens with zero attached hydrogens (tertiary/aromatic N) is 2. The molecular formula is C20H23ClN2O3. The van der Waals surface area contributed by atoms with E-state index in [1.165, 1.54) is 0 Å². The molecule has 2 aromatic rings. The van der Waals surface area contributed by atoms with Crippen molar-refractivity contribution >= 4 is 23.4 Å². The van der Waals surface area contributed by atoms with Gasteiger partial charge in [-0.25, -0.2) is 4.98 Å². The van der Waals surface area contributed by atoms with Crippen LogP contribution in [0.1, 0.15) is 30.9 Å². The Bertz CT molecular complexity index is 774. The van der Waals surface area contributed by atoms with Crippen LogP contribution in [0, 0.1) is 5.41 Å². The second-order valence-electron chi connectivity index (χ2n) is 7.04. The molecule has 1 unspecified atom stereocenters. The number of carbonyl (C=O) groups is 1. The summed E-state index contributed by atoms with van der Waals surface area (Å²) < 4.78 is 5.37. The van der Waals surface area contributed by atoms with Crippen LogP contribution in [0.15, 0.2) is 42.6 Å². The Morgan fingerprint density at radius 3 is 2.46 bits per heavy atom. The van der Waals surface area contributed by atoms with Gasteiger partial charge in [-0.2, -0.15) is 0 Å². The molecule has 26 heavy (non-hydrogen) atoms. The third-order valence-electron chi connectivity index (χ3n) is 4.89. The summed E-state index contributed by atoms with van der Waals surface area (Å²) in [5.41, 5.74) is 0.717. The molecule has 1 saturated heterocycles. The Balaban J connectivity index is 2.02. The number of hydrogen-bond donors (Lipinski definition) is 1. The predicted molar refractivity (Wildman–Crippen MR) is 102 cm³/mol. The summed E-state index contributed by atoms with van der Waals surface area (Å²) in [5, 5.41) is 10.3. The lowest BCUT2D eigenvalue weighted by Gasteiger charge is -2.32. The van der Waals surface area contributed by atoms with Crippen LogP contribution in [0.25, 0.3) is 0 Å². The minimum Gasteiger partial charge on any atom is -0.481 e. The molecule has 0 aliphatic carbocycles. The quantitative estimate of drug-likeness (QED) is 0.862. The Morgan fingerprint density at radius 2 is 1.88 bits per heavy atom. The van der Waals surface area contributed by atoms with Crippen LogP contribution >= 0.6 is 11.6 Å². The van der Waals surface area contributed by atoms with Gasteiger partial charge in [0.25, 0.3) is 0 Å². The first-order valence-corrected chi connectivity index (χ1v) is 9.05. The molecule has 0 amide bonds. The van der Waals surface area contributed by atoms with Gasteiger partial charge in [0.15, 0.2) is 0 Å². The lowest BCUT2D eigenvalue weighted by Crippen LogP contribution is -2.37. The second-order valence-corrected chi connectivity index (χ2v) is 7.45. The summed E-state index contributed by atoms with van der Waals surface area (Å²) >= 11 is 6.53. The highest BCUT2D eigenvalue weighted by molar-refractivity contribution is 6.33. The minimum atomic E-state index is -1.01. The van der Waals surface area contributed by atoms with Crippen LogP contribution in [0.2, 0.25) is 5.02 Å². The van der Waals surface area contributed by atoms with E-state index in [-0.39, 0.29) is 5.92 Å². The first kappa shape index (κ1) is 18.7. The summed E-state index contributed by atoms with van der Waals surface area (Å²) in [5.74, 6) is -0.497. The molecule has 5 nitrogen and oxygen atoms in total. The number of morpholine rings is 1. The van der Waals surface area contributed by atoms with Crippen molar-refractivity contribution in [1.82, 2.24) is 4.98 Å². The number of halogens is 1. The molecule has 1 N–H and O–H groups in total. The number of aliphatic carboxylic acids is 1. The van der Waals surface area contributed by atoms with Gasteiger partial charge >= 0.3 is 5.97 Å². The highest BCUT2D eigenvalue weighted by atomic mass is 35.5. The topological polar surface area (TPSA) is 62.7 Å². The number of hydrogen-bond acceptors (Lipinski definition) is 4. The number of pyridine rings is 1. The fraction of sp³-hybridized carbons (Fsp3) is 0.400. The fourth-order valence-electron chi connectivity index (χ4n) is 3.41. The van der Waals surface area contributed by atoms with Gasteiger partial charge in [-0.05, 0) is 31.0 Å². The van der Waals surface area contributed by atoms with Gasteiger partial charge in [-0.1, -0.05) is 41.9 Å². The van der Waals surface area contributed by atoms with Crippen molar-refractivity contribution in [3.63, 3.8) is 0 Å². The molecule has 6 heteroatoms. The summed E-state index contributed by atoms with van der Waals surface area (Å²) in [4.78, 5) is 18.6. The molecule has 0 spiro atoms. The lowest BCUT2D eigenvalue weighted by molar-refractivity contribution is -0.147. The van der Waals surface area contributed by atoms with Gasteiger partial charge < -0.3 is 14.7 Å². The maximum atomic E-state index is 11.9. The van der Waals surface area contributed by atoms with E-state index in [9.17, 15) is 9.90 Å². The van der Waals surface area contributed by atoms with E-state index in [4.69, 9.17) is 16.3 Å². The van der Waals surface area contributed by atoms with Gasteiger partial charge in [0.05, 0.1) is 23.7 Å². The zero-order chi connectivity index (χ0) is 18.7. The van der Waals surface area contributed by atoms with E-state index in [0.717, 1.165) is 30.0 Å². The lowest BCUT2D eigenvalue weighted by atomic mass is 9.71. The molecule has 1 atom stereocenters. The van der Waals surface area contributed by atoms with E-state index in [2.05, 4.69) is 9.88 Å². The third-order valence-corrected chi connectivity index (χ3v) is 5.17. The van der Waals surface area contributed by atoms with E-state index in [0.29, 0.717) is 18.2 Å². The molecule has 1 aromatic heterocycles. The van der Waals surface area contributed by atoms with E-state index in [1.54, 1.807) is 20.0 Å². The van der Waals surface area contributed by atoms with Crippen LogP contribution < -0.4 is 4.90 Å². The number of aromatic nitrogens is 1. The van der Waals surface area contributed by atoms with Crippen LogP contribution in [0.5, 0.6) is 0 Å². The molecule has 2 heterocycles. The van der Waals surface area contributed by atoms with Gasteiger partial charge in [-0.3, -0.25) is 4.79 Å². The maximum absolute atomic E-state index is 11.9. The maximum Gasteiger partial charge on any atom is 0.310 e. The predicted octanol–water partition coefficient (Wildman–Crippen LogP) is 3.81. The smallest absolute Gasteiger partial charge is 0.310 e.